The third kappa shape index (κ3) is 5.81. The SMILES string of the molecule is CCOC(=O)c1cnc(NCCC2(c3ccc([N+](=O)[O-])cn3)C=CC=N2)nc1-c1ccc(N2CCOCC2)cc1. The van der Waals surface area contributed by atoms with Crippen LogP contribution in [0.4, 0.5) is 17.3 Å². The van der Waals surface area contributed by atoms with Gasteiger partial charge in [0.15, 0.2) is 0 Å². The molecule has 1 N–H and O–H groups in total. The van der Waals surface area contributed by atoms with Crippen molar-refractivity contribution in [2.45, 2.75) is 18.9 Å². The van der Waals surface area contributed by atoms with Crippen LogP contribution in [0.25, 0.3) is 11.3 Å². The lowest BCUT2D eigenvalue weighted by molar-refractivity contribution is -0.385. The van der Waals surface area contributed by atoms with Gasteiger partial charge >= 0.3 is 5.97 Å². The summed E-state index contributed by atoms with van der Waals surface area (Å²) in [7, 11) is 0. The van der Waals surface area contributed by atoms with Crippen molar-refractivity contribution in [2.24, 2.45) is 4.99 Å². The average molecular weight is 544 g/mol. The molecule has 1 aromatic carbocycles. The second-order valence-corrected chi connectivity index (χ2v) is 9.22. The smallest absolute Gasteiger partial charge is 0.341 e. The number of morpholine rings is 1. The van der Waals surface area contributed by atoms with Gasteiger partial charge in [0.25, 0.3) is 5.69 Å². The Morgan fingerprint density at radius 3 is 2.60 bits per heavy atom. The van der Waals surface area contributed by atoms with Gasteiger partial charge in [-0.25, -0.2) is 14.8 Å². The molecule has 1 atom stereocenters. The Morgan fingerprint density at radius 2 is 1.95 bits per heavy atom. The zero-order valence-electron chi connectivity index (χ0n) is 22.0. The van der Waals surface area contributed by atoms with E-state index >= 15 is 0 Å². The van der Waals surface area contributed by atoms with Crippen LogP contribution >= 0.6 is 0 Å². The number of benzene rings is 1. The summed E-state index contributed by atoms with van der Waals surface area (Å²) in [5.41, 5.74) is 2.35. The van der Waals surface area contributed by atoms with Gasteiger partial charge in [0, 0.05) is 49.4 Å². The van der Waals surface area contributed by atoms with E-state index < -0.39 is 16.4 Å². The number of nitrogens with zero attached hydrogens (tertiary/aromatic N) is 6. The minimum Gasteiger partial charge on any atom is -0.462 e. The Morgan fingerprint density at radius 1 is 1.15 bits per heavy atom. The van der Waals surface area contributed by atoms with Gasteiger partial charge in [-0.1, -0.05) is 12.1 Å². The number of anilines is 2. The van der Waals surface area contributed by atoms with E-state index in [1.54, 1.807) is 19.2 Å². The molecule has 5 rings (SSSR count). The number of aliphatic imine (C=N–C) groups is 1. The molecule has 0 amide bonds. The van der Waals surface area contributed by atoms with Crippen LogP contribution in [0.2, 0.25) is 0 Å². The van der Waals surface area contributed by atoms with Crippen LogP contribution in [0.3, 0.4) is 0 Å². The fourth-order valence-electron chi connectivity index (χ4n) is 4.66. The van der Waals surface area contributed by atoms with Crippen molar-refractivity contribution in [2.75, 3.05) is 49.7 Å². The second-order valence-electron chi connectivity index (χ2n) is 9.22. The van der Waals surface area contributed by atoms with Crippen molar-refractivity contribution in [3.63, 3.8) is 0 Å². The van der Waals surface area contributed by atoms with E-state index in [0.29, 0.717) is 43.5 Å². The third-order valence-electron chi connectivity index (χ3n) is 6.76. The van der Waals surface area contributed by atoms with Crippen LogP contribution in [-0.4, -0.2) is 71.5 Å². The summed E-state index contributed by atoms with van der Waals surface area (Å²) in [4.78, 5) is 43.4. The Balaban J connectivity index is 1.35. The van der Waals surface area contributed by atoms with Crippen molar-refractivity contribution in [3.05, 3.63) is 82.3 Å². The Bertz CT molecular complexity index is 1410. The molecule has 0 spiro atoms. The van der Waals surface area contributed by atoms with Crippen LogP contribution in [-0.2, 0) is 15.0 Å². The van der Waals surface area contributed by atoms with Crippen LogP contribution in [0.15, 0.2) is 65.9 Å². The summed E-state index contributed by atoms with van der Waals surface area (Å²) in [5.74, 6) is -0.145. The van der Waals surface area contributed by atoms with Gasteiger partial charge in [-0.15, -0.1) is 0 Å². The van der Waals surface area contributed by atoms with E-state index in [-0.39, 0.29) is 17.9 Å². The Labute approximate surface area is 230 Å². The topological polar surface area (TPSA) is 145 Å². The van der Waals surface area contributed by atoms with E-state index in [2.05, 4.69) is 30.2 Å². The van der Waals surface area contributed by atoms with Gasteiger partial charge in [0.05, 0.1) is 36.1 Å². The molecule has 2 aliphatic heterocycles. The molecular formula is C28H29N7O5. The number of carbonyl (C=O) groups is 1. The molecular weight excluding hydrogens is 514 g/mol. The van der Waals surface area contributed by atoms with E-state index in [0.717, 1.165) is 24.3 Å². The highest BCUT2D eigenvalue weighted by molar-refractivity contribution is 5.96. The standard InChI is InChI=1S/C28H29N7O5/c1-2-40-26(36)23-19-31-27(33-25(23)20-4-6-21(7-5-20)34-14-16-39-17-15-34)29-13-11-28(10-3-12-32-28)24-9-8-22(18-30-24)35(37)38/h3-10,12,18-19H,2,11,13-17H2,1H3,(H,29,31,33). The highest BCUT2D eigenvalue weighted by Crippen LogP contribution is 2.33. The summed E-state index contributed by atoms with van der Waals surface area (Å²) in [5, 5.41) is 14.3. The summed E-state index contributed by atoms with van der Waals surface area (Å²) >= 11 is 0. The molecule has 2 aromatic heterocycles. The maximum Gasteiger partial charge on any atom is 0.341 e. The van der Waals surface area contributed by atoms with E-state index in [1.165, 1.54) is 18.5 Å². The first-order valence-corrected chi connectivity index (χ1v) is 13.0. The number of carbonyl (C=O) groups excluding carboxylic acids is 1. The quantitative estimate of drug-likeness (QED) is 0.228. The first-order chi connectivity index (χ1) is 19.5. The number of pyridine rings is 1. The summed E-state index contributed by atoms with van der Waals surface area (Å²) in [6.45, 7) is 5.45. The second kappa shape index (κ2) is 12.0. The van der Waals surface area contributed by atoms with Crippen molar-refractivity contribution in [1.29, 1.82) is 0 Å². The van der Waals surface area contributed by atoms with Crippen LogP contribution in [0, 0.1) is 10.1 Å². The fraction of sp³-hybridized carbons (Fsp3) is 0.321. The molecule has 1 unspecified atom stereocenters. The van der Waals surface area contributed by atoms with Crippen LogP contribution < -0.4 is 10.2 Å². The highest BCUT2D eigenvalue weighted by Gasteiger charge is 2.32. The van der Waals surface area contributed by atoms with E-state index in [1.807, 2.05) is 36.4 Å². The molecule has 0 saturated carbocycles. The molecule has 1 saturated heterocycles. The van der Waals surface area contributed by atoms with Gasteiger partial charge in [-0.05, 0) is 43.7 Å². The predicted octanol–water partition coefficient (Wildman–Crippen LogP) is 3.80. The first kappa shape index (κ1) is 26.9. The monoisotopic (exact) mass is 543 g/mol. The molecule has 12 nitrogen and oxygen atoms in total. The number of allylic oxidation sites excluding steroid dienone is 1. The van der Waals surface area contributed by atoms with Crippen molar-refractivity contribution < 1.29 is 19.2 Å². The minimum absolute atomic E-state index is 0.0800. The molecule has 3 aromatic rings. The molecule has 4 heterocycles. The third-order valence-corrected chi connectivity index (χ3v) is 6.76. The average Bonchev–Trinajstić information content (AvgIpc) is 3.48. The Hall–Kier alpha value is -4.71. The molecule has 0 bridgehead atoms. The zero-order valence-corrected chi connectivity index (χ0v) is 22.0. The number of nitrogens with one attached hydrogen (secondary N) is 1. The van der Waals surface area contributed by atoms with Crippen molar-refractivity contribution in [3.8, 4) is 11.3 Å². The maximum absolute atomic E-state index is 12.7. The zero-order chi connectivity index (χ0) is 28.0. The molecule has 12 heteroatoms. The van der Waals surface area contributed by atoms with Crippen LogP contribution in [0.1, 0.15) is 29.4 Å². The number of hydrogen-bond donors (Lipinski definition) is 1. The number of hydrogen-bond acceptors (Lipinski definition) is 11. The largest absolute Gasteiger partial charge is 0.462 e. The molecule has 0 radical (unpaired) electrons. The number of aromatic nitrogens is 3. The molecule has 2 aliphatic rings. The highest BCUT2D eigenvalue weighted by atomic mass is 16.6. The summed E-state index contributed by atoms with van der Waals surface area (Å²) < 4.78 is 10.7. The molecule has 40 heavy (non-hydrogen) atoms. The minimum atomic E-state index is -0.759. The normalized spacial score (nSPS) is 18.1. The fourth-order valence-corrected chi connectivity index (χ4v) is 4.66. The van der Waals surface area contributed by atoms with Crippen molar-refractivity contribution >= 4 is 29.5 Å². The van der Waals surface area contributed by atoms with E-state index in [9.17, 15) is 14.9 Å². The van der Waals surface area contributed by atoms with E-state index in [4.69, 9.17) is 9.47 Å². The van der Waals surface area contributed by atoms with Crippen molar-refractivity contribution in [1.82, 2.24) is 15.0 Å². The number of rotatable bonds is 10. The molecule has 206 valence electrons. The first-order valence-electron chi connectivity index (χ1n) is 13.0. The van der Waals surface area contributed by atoms with Gasteiger partial charge < -0.3 is 19.7 Å². The lowest BCUT2D eigenvalue weighted by Gasteiger charge is -2.28. The number of ether oxygens (including phenoxy) is 2. The van der Waals surface area contributed by atoms with Gasteiger partial charge in [-0.3, -0.25) is 20.1 Å². The maximum atomic E-state index is 12.7. The lowest BCUT2D eigenvalue weighted by Crippen LogP contribution is -2.36. The van der Waals surface area contributed by atoms with Gasteiger partial charge in [0.2, 0.25) is 5.95 Å². The number of nitro groups is 1. The molecule has 0 aliphatic carbocycles. The number of esters is 1. The van der Waals surface area contributed by atoms with Gasteiger partial charge in [0.1, 0.15) is 17.3 Å². The Kier molecular flexibility index (Phi) is 8.06. The molecule has 1 fully saturated rings. The lowest BCUT2D eigenvalue weighted by atomic mass is 9.92. The van der Waals surface area contributed by atoms with Gasteiger partial charge in [-0.2, -0.15) is 0 Å². The summed E-state index contributed by atoms with van der Waals surface area (Å²) in [6, 6.07) is 10.9. The predicted molar refractivity (Wildman–Crippen MR) is 150 cm³/mol. The van der Waals surface area contributed by atoms with Crippen LogP contribution in [0.5, 0.6) is 0 Å². The summed E-state index contributed by atoms with van der Waals surface area (Å²) in [6.07, 6.45) is 8.63.